The quantitative estimate of drug-likeness (QED) is 0.679. The van der Waals surface area contributed by atoms with Gasteiger partial charge in [0, 0.05) is 12.7 Å². The zero-order valence-corrected chi connectivity index (χ0v) is 18.6. The molecule has 1 aromatic carbocycles. The zero-order valence-electron chi connectivity index (χ0n) is 18.6. The second-order valence-electron chi connectivity index (χ2n) is 10.2. The monoisotopic (exact) mass is 428 g/mol. The molecule has 0 spiro atoms. The fraction of sp³-hybridized carbons (Fsp3) is 0.625. The maximum Gasteiger partial charge on any atom is 0.312 e. The molecular formula is C24H32N2O5. The summed E-state index contributed by atoms with van der Waals surface area (Å²) in [5, 5.41) is 13.6. The Balaban J connectivity index is 1.29. The van der Waals surface area contributed by atoms with Gasteiger partial charge < -0.3 is 20.1 Å². The smallest absolute Gasteiger partial charge is 0.312 e. The fourth-order valence-corrected chi connectivity index (χ4v) is 6.21. The van der Waals surface area contributed by atoms with Crippen LogP contribution in [0, 0.1) is 31.1 Å². The number of likely N-dealkylation sites (N-methyl/N-ethyl adjacent to an activating group) is 1. The van der Waals surface area contributed by atoms with Crippen molar-refractivity contribution in [3.8, 4) is 0 Å². The van der Waals surface area contributed by atoms with E-state index in [2.05, 4.69) is 5.32 Å². The van der Waals surface area contributed by atoms with Crippen molar-refractivity contribution in [2.45, 2.75) is 58.0 Å². The van der Waals surface area contributed by atoms with Crippen molar-refractivity contribution in [3.05, 3.63) is 29.3 Å². The number of carbonyl (C=O) groups excluding carboxylic acids is 3. The highest BCUT2D eigenvalue weighted by Crippen LogP contribution is 2.61. The lowest BCUT2D eigenvalue weighted by Gasteiger charge is -2.58. The summed E-state index contributed by atoms with van der Waals surface area (Å²) in [6, 6.07) is 5.79. The van der Waals surface area contributed by atoms with Crippen LogP contribution in [0.25, 0.3) is 0 Å². The van der Waals surface area contributed by atoms with Gasteiger partial charge in [0.2, 0.25) is 5.91 Å². The third-order valence-corrected chi connectivity index (χ3v) is 7.26. The SMILES string of the molecule is Cc1ccc(C)c(NC(=O)CN(C)C(=O)COC(=O)C23C[C@@H]4C[C@@H](CC(O)(C4)C2)C3)c1. The van der Waals surface area contributed by atoms with Gasteiger partial charge in [0.25, 0.3) is 5.91 Å². The van der Waals surface area contributed by atoms with Crippen LogP contribution in [-0.2, 0) is 19.1 Å². The lowest BCUT2D eigenvalue weighted by Crippen LogP contribution is -2.58. The number of carbonyl (C=O) groups is 3. The molecular weight excluding hydrogens is 396 g/mol. The number of amides is 2. The molecule has 4 saturated carbocycles. The second kappa shape index (κ2) is 7.93. The first kappa shape index (κ1) is 21.8. The van der Waals surface area contributed by atoms with E-state index in [1.165, 1.54) is 11.9 Å². The maximum absolute atomic E-state index is 12.9. The average Bonchev–Trinajstić information content (AvgIpc) is 2.66. The number of anilines is 1. The number of aliphatic hydroxyl groups is 1. The molecule has 7 heteroatoms. The minimum absolute atomic E-state index is 0.126. The van der Waals surface area contributed by atoms with Gasteiger partial charge in [0.05, 0.1) is 17.6 Å². The van der Waals surface area contributed by atoms with Crippen molar-refractivity contribution in [3.63, 3.8) is 0 Å². The van der Waals surface area contributed by atoms with E-state index < -0.39 is 16.9 Å². The van der Waals surface area contributed by atoms with Gasteiger partial charge in [-0.05, 0) is 81.4 Å². The highest BCUT2D eigenvalue weighted by atomic mass is 16.5. The Hall–Kier alpha value is -2.41. The van der Waals surface area contributed by atoms with Gasteiger partial charge in [-0.1, -0.05) is 12.1 Å². The Kier molecular flexibility index (Phi) is 5.58. The zero-order chi connectivity index (χ0) is 22.4. The van der Waals surface area contributed by atoms with E-state index in [0.717, 1.165) is 48.9 Å². The molecule has 0 aliphatic heterocycles. The molecule has 2 unspecified atom stereocenters. The van der Waals surface area contributed by atoms with Crippen LogP contribution in [0.2, 0.25) is 0 Å². The van der Waals surface area contributed by atoms with Crippen molar-refractivity contribution in [1.29, 1.82) is 0 Å². The largest absolute Gasteiger partial charge is 0.455 e. The summed E-state index contributed by atoms with van der Waals surface area (Å²) in [7, 11) is 1.52. The highest BCUT2D eigenvalue weighted by Gasteiger charge is 2.60. The standard InChI is InChI=1S/C24H32N2O5/c1-15-4-5-16(2)19(6-15)25-20(27)12-26(3)21(28)13-31-22(29)23-8-17-7-18(9-23)11-24(30,10-17)14-23/h4-6,17-18,30H,7-14H2,1-3H3,(H,25,27)/t17-,18+,23?,24?. The number of aryl methyl sites for hydroxylation is 2. The van der Waals surface area contributed by atoms with E-state index >= 15 is 0 Å². The Morgan fingerprint density at radius 1 is 1.16 bits per heavy atom. The number of nitrogens with zero attached hydrogens (tertiary/aromatic N) is 1. The topological polar surface area (TPSA) is 95.9 Å². The molecule has 7 nitrogen and oxygen atoms in total. The van der Waals surface area contributed by atoms with Gasteiger partial charge in [-0.2, -0.15) is 0 Å². The van der Waals surface area contributed by atoms with Crippen molar-refractivity contribution in [1.82, 2.24) is 4.90 Å². The highest BCUT2D eigenvalue weighted by molar-refractivity contribution is 5.95. The molecule has 0 aromatic heterocycles. The first-order valence-corrected chi connectivity index (χ1v) is 11.1. The number of benzene rings is 1. The van der Waals surface area contributed by atoms with E-state index in [1.807, 2.05) is 32.0 Å². The molecule has 4 fully saturated rings. The Labute approximate surface area is 183 Å². The second-order valence-corrected chi connectivity index (χ2v) is 10.2. The van der Waals surface area contributed by atoms with E-state index in [4.69, 9.17) is 4.74 Å². The number of hydrogen-bond donors (Lipinski definition) is 2. The van der Waals surface area contributed by atoms with Gasteiger partial charge >= 0.3 is 5.97 Å². The van der Waals surface area contributed by atoms with Gasteiger partial charge in [-0.15, -0.1) is 0 Å². The van der Waals surface area contributed by atoms with Crippen molar-refractivity contribution in [2.24, 2.45) is 17.3 Å². The molecule has 168 valence electrons. The minimum Gasteiger partial charge on any atom is -0.455 e. The lowest BCUT2D eigenvalue weighted by molar-refractivity contribution is -0.196. The van der Waals surface area contributed by atoms with E-state index in [9.17, 15) is 19.5 Å². The average molecular weight is 429 g/mol. The fourth-order valence-electron chi connectivity index (χ4n) is 6.21. The number of rotatable bonds is 6. The molecule has 0 saturated heterocycles. The molecule has 4 aliphatic rings. The number of hydrogen-bond acceptors (Lipinski definition) is 5. The summed E-state index contributed by atoms with van der Waals surface area (Å²) in [4.78, 5) is 39.0. The Morgan fingerprint density at radius 2 is 1.84 bits per heavy atom. The normalized spacial score (nSPS) is 30.7. The predicted octanol–water partition coefficient (Wildman–Crippen LogP) is 2.57. The number of esters is 1. The van der Waals surface area contributed by atoms with Crippen LogP contribution >= 0.6 is 0 Å². The summed E-state index contributed by atoms with van der Waals surface area (Å²) in [5.74, 6) is -0.370. The predicted molar refractivity (Wildman–Crippen MR) is 115 cm³/mol. The third kappa shape index (κ3) is 4.47. The molecule has 2 N–H and O–H groups in total. The third-order valence-electron chi connectivity index (χ3n) is 7.26. The van der Waals surface area contributed by atoms with Crippen LogP contribution in [-0.4, -0.2) is 53.6 Å². The molecule has 1 aromatic rings. The lowest BCUT2D eigenvalue weighted by atomic mass is 9.48. The van der Waals surface area contributed by atoms with E-state index in [-0.39, 0.29) is 25.0 Å². The summed E-state index contributed by atoms with van der Waals surface area (Å²) in [6.45, 7) is 3.34. The molecule has 4 aliphatic carbocycles. The summed E-state index contributed by atoms with van der Waals surface area (Å²) < 4.78 is 5.42. The van der Waals surface area contributed by atoms with Crippen LogP contribution in [0.1, 0.15) is 49.7 Å². The first-order valence-electron chi connectivity index (χ1n) is 11.1. The van der Waals surface area contributed by atoms with Gasteiger partial charge in [0.15, 0.2) is 6.61 Å². The van der Waals surface area contributed by atoms with Crippen molar-refractivity contribution < 1.29 is 24.2 Å². The molecule has 0 radical (unpaired) electrons. The summed E-state index contributed by atoms with van der Waals surface area (Å²) in [5.41, 5.74) is 1.29. The molecule has 4 bridgehead atoms. The Morgan fingerprint density at radius 3 is 2.48 bits per heavy atom. The van der Waals surface area contributed by atoms with E-state index in [0.29, 0.717) is 18.3 Å². The molecule has 2 amide bonds. The number of ether oxygens (including phenoxy) is 1. The number of nitrogens with one attached hydrogen (secondary N) is 1. The molecule has 5 rings (SSSR count). The van der Waals surface area contributed by atoms with Crippen LogP contribution in [0.4, 0.5) is 5.69 Å². The van der Waals surface area contributed by atoms with E-state index in [1.54, 1.807) is 0 Å². The molecule has 4 atom stereocenters. The van der Waals surface area contributed by atoms with Gasteiger partial charge in [-0.25, -0.2) is 0 Å². The van der Waals surface area contributed by atoms with Crippen LogP contribution in [0.15, 0.2) is 18.2 Å². The van der Waals surface area contributed by atoms with Crippen LogP contribution in [0.5, 0.6) is 0 Å². The minimum atomic E-state index is -0.754. The van der Waals surface area contributed by atoms with Gasteiger partial charge in [0.1, 0.15) is 0 Å². The summed E-state index contributed by atoms with van der Waals surface area (Å²) >= 11 is 0. The Bertz CT molecular complexity index is 897. The molecule has 0 heterocycles. The first-order chi connectivity index (χ1) is 14.6. The molecule has 31 heavy (non-hydrogen) atoms. The maximum atomic E-state index is 12.9. The van der Waals surface area contributed by atoms with Crippen molar-refractivity contribution >= 4 is 23.5 Å². The van der Waals surface area contributed by atoms with Crippen molar-refractivity contribution in [2.75, 3.05) is 25.5 Å². The van der Waals surface area contributed by atoms with Crippen LogP contribution in [0.3, 0.4) is 0 Å². The van der Waals surface area contributed by atoms with Gasteiger partial charge in [-0.3, -0.25) is 14.4 Å². The summed E-state index contributed by atoms with van der Waals surface area (Å²) in [6.07, 6.45) is 4.55. The van der Waals surface area contributed by atoms with Crippen LogP contribution < -0.4 is 5.32 Å².